The molecule has 0 aromatic carbocycles. The van der Waals surface area contributed by atoms with Crippen LogP contribution in [0.25, 0.3) is 0 Å². The molecule has 0 aliphatic carbocycles. The number of nitrogens with zero attached hydrogens (tertiary/aromatic N) is 2. The van der Waals surface area contributed by atoms with Crippen LogP contribution in [0.15, 0.2) is 0 Å². The summed E-state index contributed by atoms with van der Waals surface area (Å²) in [5.74, 6) is 0. The molecule has 22 heavy (non-hydrogen) atoms. The van der Waals surface area contributed by atoms with Gasteiger partial charge in [0.1, 0.15) is 6.61 Å². The molecule has 1 amide bonds. The van der Waals surface area contributed by atoms with E-state index in [0.717, 1.165) is 32.2 Å². The first kappa shape index (κ1) is 17.3. The molecule has 2 heterocycles. The van der Waals surface area contributed by atoms with Crippen LogP contribution in [-0.2, 0) is 9.47 Å². The topological polar surface area (TPSA) is 42.0 Å². The van der Waals surface area contributed by atoms with Gasteiger partial charge in [-0.25, -0.2) is 9.69 Å². The maximum Gasteiger partial charge on any atom is 0.489 e. The predicted molar refractivity (Wildman–Crippen MR) is 73.4 cm³/mol. The summed E-state index contributed by atoms with van der Waals surface area (Å²) in [5.41, 5.74) is -0.0248. The largest absolute Gasteiger partial charge is 0.489 e. The lowest BCUT2D eigenvalue weighted by molar-refractivity contribution is -0.222. The van der Waals surface area contributed by atoms with E-state index in [0.29, 0.717) is 20.3 Å². The molecule has 2 atom stereocenters. The zero-order chi connectivity index (χ0) is 16.4. The molecule has 2 fully saturated rings. The van der Waals surface area contributed by atoms with E-state index < -0.39 is 12.4 Å². The molecule has 0 aromatic rings. The highest BCUT2D eigenvalue weighted by Crippen LogP contribution is 2.42. The average molecular weight is 324 g/mol. The van der Waals surface area contributed by atoms with E-state index in [1.54, 1.807) is 0 Å². The molecule has 5 nitrogen and oxygen atoms in total. The van der Waals surface area contributed by atoms with Crippen LogP contribution in [0.1, 0.15) is 32.6 Å². The lowest BCUT2D eigenvalue weighted by Crippen LogP contribution is -2.48. The normalized spacial score (nSPS) is 28.7. The van der Waals surface area contributed by atoms with E-state index >= 15 is 0 Å². The third-order valence-corrected chi connectivity index (χ3v) is 4.66. The Balaban J connectivity index is 1.88. The summed E-state index contributed by atoms with van der Waals surface area (Å²) in [5, 5.41) is 0. The van der Waals surface area contributed by atoms with E-state index in [9.17, 15) is 18.0 Å². The maximum absolute atomic E-state index is 12.4. The highest BCUT2D eigenvalue weighted by Gasteiger charge is 2.49. The monoisotopic (exact) mass is 324 g/mol. The van der Waals surface area contributed by atoms with Crippen molar-refractivity contribution in [3.8, 4) is 0 Å². The fourth-order valence-corrected chi connectivity index (χ4v) is 3.45. The van der Waals surface area contributed by atoms with Crippen molar-refractivity contribution in [2.75, 3.05) is 33.4 Å². The molecule has 8 heteroatoms. The van der Waals surface area contributed by atoms with E-state index in [2.05, 4.69) is 4.90 Å². The molecule has 0 unspecified atom stereocenters. The Morgan fingerprint density at radius 3 is 2.77 bits per heavy atom. The molecule has 0 aromatic heterocycles. The molecule has 2 rings (SSSR count). The Bertz CT molecular complexity index is 405. The number of carbonyl (C=O) groups excluding carboxylic acids is 1. The van der Waals surface area contributed by atoms with Gasteiger partial charge in [-0.15, -0.1) is 13.2 Å². The fourth-order valence-electron chi connectivity index (χ4n) is 3.45. The highest BCUT2D eigenvalue weighted by molar-refractivity contribution is 5.67. The van der Waals surface area contributed by atoms with E-state index in [-0.39, 0.29) is 23.1 Å². The zero-order valence-electron chi connectivity index (χ0n) is 13.0. The van der Waals surface area contributed by atoms with Gasteiger partial charge in [-0.2, -0.15) is 0 Å². The number of alkyl halides is 3. The Morgan fingerprint density at radius 1 is 1.41 bits per heavy atom. The van der Waals surface area contributed by atoms with Crippen LogP contribution in [0.5, 0.6) is 0 Å². The smallest absolute Gasteiger partial charge is 0.448 e. The quantitative estimate of drug-likeness (QED) is 0.729. The van der Waals surface area contributed by atoms with Gasteiger partial charge in [0.2, 0.25) is 0 Å². The minimum Gasteiger partial charge on any atom is -0.448 e. The van der Waals surface area contributed by atoms with Crippen molar-refractivity contribution < 1.29 is 27.4 Å². The Hall–Kier alpha value is -1.02. The lowest BCUT2D eigenvalue weighted by Gasteiger charge is -2.34. The van der Waals surface area contributed by atoms with Crippen LogP contribution < -0.4 is 0 Å². The second kappa shape index (κ2) is 6.62. The highest BCUT2D eigenvalue weighted by atomic mass is 19.4. The van der Waals surface area contributed by atoms with Crippen molar-refractivity contribution in [2.24, 2.45) is 0 Å². The Labute approximate surface area is 128 Å². The summed E-state index contributed by atoms with van der Waals surface area (Å²) in [7, 11) is 0.673. The van der Waals surface area contributed by atoms with Gasteiger partial charge in [0.05, 0.1) is 6.61 Å². The molecule has 0 saturated carbocycles. The van der Waals surface area contributed by atoms with Gasteiger partial charge < -0.3 is 9.47 Å². The van der Waals surface area contributed by atoms with E-state index in [1.807, 2.05) is 6.92 Å². The average Bonchev–Trinajstić information content (AvgIpc) is 3.00. The number of hydrogen-bond donors (Lipinski definition) is 0. The molecule has 0 N–H and O–H groups in total. The number of amides is 1. The summed E-state index contributed by atoms with van der Waals surface area (Å²) >= 11 is 0. The SMILES string of the molecule is CCOC[C@@]12CCCN1[C@H](COC(=O)N(C)C(F)(F)F)CC2. The molecule has 0 bridgehead atoms. The summed E-state index contributed by atoms with van der Waals surface area (Å²) in [4.78, 5) is 13.4. The van der Waals surface area contributed by atoms with Crippen molar-refractivity contribution in [2.45, 2.75) is 50.5 Å². The summed E-state index contributed by atoms with van der Waals surface area (Å²) < 4.78 is 47.7. The van der Waals surface area contributed by atoms with Crippen molar-refractivity contribution in [3.63, 3.8) is 0 Å². The Kier molecular flexibility index (Phi) is 5.21. The molecule has 2 aliphatic rings. The van der Waals surface area contributed by atoms with Gasteiger partial charge in [0, 0.05) is 25.2 Å². The number of carbonyl (C=O) groups is 1. The molecule has 0 radical (unpaired) electrons. The van der Waals surface area contributed by atoms with Gasteiger partial charge in [0.15, 0.2) is 0 Å². The second-order valence-corrected chi connectivity index (χ2v) is 5.95. The number of fused-ring (bicyclic) bond motifs is 1. The molecular formula is C14H23F3N2O3. The van der Waals surface area contributed by atoms with Crippen LogP contribution in [0, 0.1) is 0 Å². The number of rotatable bonds is 5. The zero-order valence-corrected chi connectivity index (χ0v) is 13.0. The molecule has 128 valence electrons. The maximum atomic E-state index is 12.4. The molecule has 0 spiro atoms. The number of ether oxygens (including phenoxy) is 2. The predicted octanol–water partition coefficient (Wildman–Crippen LogP) is 2.61. The van der Waals surface area contributed by atoms with Crippen LogP contribution in [0.3, 0.4) is 0 Å². The summed E-state index contributed by atoms with van der Waals surface area (Å²) in [6.07, 6.45) is -2.24. The number of hydrogen-bond acceptors (Lipinski definition) is 4. The van der Waals surface area contributed by atoms with Crippen molar-refractivity contribution >= 4 is 6.09 Å². The van der Waals surface area contributed by atoms with E-state index in [1.165, 1.54) is 0 Å². The second-order valence-electron chi connectivity index (χ2n) is 5.95. The van der Waals surface area contributed by atoms with Gasteiger partial charge in [0.25, 0.3) is 0 Å². The first-order chi connectivity index (χ1) is 10.3. The summed E-state index contributed by atoms with van der Waals surface area (Å²) in [6.45, 7) is 4.09. The third-order valence-electron chi connectivity index (χ3n) is 4.66. The van der Waals surface area contributed by atoms with Crippen LogP contribution in [0.2, 0.25) is 0 Å². The van der Waals surface area contributed by atoms with Gasteiger partial charge in [-0.1, -0.05) is 0 Å². The first-order valence-corrected chi connectivity index (χ1v) is 7.62. The van der Waals surface area contributed by atoms with Crippen molar-refractivity contribution in [1.82, 2.24) is 9.80 Å². The van der Waals surface area contributed by atoms with E-state index in [4.69, 9.17) is 9.47 Å². The molecule has 2 aliphatic heterocycles. The van der Waals surface area contributed by atoms with Gasteiger partial charge in [-0.05, 0) is 39.2 Å². The van der Waals surface area contributed by atoms with Crippen LogP contribution in [0.4, 0.5) is 18.0 Å². The van der Waals surface area contributed by atoms with Crippen LogP contribution >= 0.6 is 0 Å². The van der Waals surface area contributed by atoms with Crippen molar-refractivity contribution in [3.05, 3.63) is 0 Å². The molecule has 2 saturated heterocycles. The minimum atomic E-state index is -4.71. The third kappa shape index (κ3) is 3.48. The van der Waals surface area contributed by atoms with Crippen molar-refractivity contribution in [1.29, 1.82) is 0 Å². The first-order valence-electron chi connectivity index (χ1n) is 7.62. The standard InChI is InChI=1S/C14H23F3N2O3/c1-3-21-10-13-6-4-8-19(13)11(5-7-13)9-22-12(20)18(2)14(15,16)17/h11H,3-10H2,1-2H3/t11-,13-/m0/s1. The minimum absolute atomic E-state index is 0.00682. The van der Waals surface area contributed by atoms with Gasteiger partial charge >= 0.3 is 12.4 Å². The molecular weight excluding hydrogens is 301 g/mol. The fraction of sp³-hybridized carbons (Fsp3) is 0.929. The Morgan fingerprint density at radius 2 is 2.14 bits per heavy atom. The summed E-state index contributed by atoms with van der Waals surface area (Å²) in [6, 6.07) is -0.0199. The number of halogens is 3. The van der Waals surface area contributed by atoms with Crippen LogP contribution in [-0.4, -0.2) is 67.2 Å². The lowest BCUT2D eigenvalue weighted by atomic mass is 9.95. The van der Waals surface area contributed by atoms with Gasteiger partial charge in [-0.3, -0.25) is 4.90 Å².